The molecule has 0 saturated heterocycles. The van der Waals surface area contributed by atoms with Crippen molar-refractivity contribution in [2.24, 2.45) is 0 Å². The average Bonchev–Trinajstić information content (AvgIpc) is 3.26. The monoisotopic (exact) mass is 564 g/mol. The molecule has 4 rings (SSSR count). The van der Waals surface area contributed by atoms with Gasteiger partial charge in [-0.15, -0.1) is 0 Å². The third kappa shape index (κ3) is 5.37. The lowest BCUT2D eigenvalue weighted by molar-refractivity contribution is 0.0695. The van der Waals surface area contributed by atoms with Crippen molar-refractivity contribution in [3.05, 3.63) is 110 Å². The molecule has 4 nitrogen and oxygen atoms in total. The van der Waals surface area contributed by atoms with Gasteiger partial charge in [0.2, 0.25) is 0 Å². The number of hydrogen-bond donors (Lipinski definition) is 1. The van der Waals surface area contributed by atoms with Crippen molar-refractivity contribution in [2.45, 2.75) is 37.1 Å². The third-order valence-corrected chi connectivity index (χ3v) is 7.86. The van der Waals surface area contributed by atoms with Crippen molar-refractivity contribution in [3.63, 3.8) is 0 Å². The molecular weight excluding hydrogens is 544 g/mol. The summed E-state index contributed by atoms with van der Waals surface area (Å²) in [7, 11) is 0. The Morgan fingerprint density at radius 2 is 1.68 bits per heavy atom. The molecule has 0 aliphatic rings. The molecule has 1 aromatic heterocycles. The van der Waals surface area contributed by atoms with Gasteiger partial charge >= 0.3 is 5.97 Å². The molecule has 1 N–H and O–H groups in total. The third-order valence-electron chi connectivity index (χ3n) is 6.14. The van der Waals surface area contributed by atoms with Crippen molar-refractivity contribution in [1.29, 1.82) is 0 Å². The van der Waals surface area contributed by atoms with E-state index in [0.717, 1.165) is 35.2 Å². The van der Waals surface area contributed by atoms with Gasteiger partial charge in [-0.05, 0) is 60.5 Å². The lowest BCUT2D eigenvalue weighted by Crippen LogP contribution is -2.23. The van der Waals surface area contributed by atoms with E-state index in [4.69, 9.17) is 28.3 Å². The average molecular weight is 565 g/mol. The molecule has 0 radical (unpaired) electrons. The summed E-state index contributed by atoms with van der Waals surface area (Å²) in [5.74, 6) is -3.87. The first-order chi connectivity index (χ1) is 17.4. The van der Waals surface area contributed by atoms with Gasteiger partial charge in [-0.1, -0.05) is 54.9 Å². The van der Waals surface area contributed by atoms with Crippen LogP contribution in [0.5, 0.6) is 0 Å². The zero-order chi connectivity index (χ0) is 27.1. The summed E-state index contributed by atoms with van der Waals surface area (Å²) in [4.78, 5) is 15.6. The van der Waals surface area contributed by atoms with E-state index in [2.05, 4.69) is 4.98 Å². The highest BCUT2D eigenvalue weighted by Gasteiger charge is 2.30. The molecule has 0 unspecified atom stereocenters. The van der Waals surface area contributed by atoms with Crippen molar-refractivity contribution in [2.75, 3.05) is 0 Å². The quantitative estimate of drug-likeness (QED) is 0.230. The second kappa shape index (κ2) is 10.4. The van der Waals surface area contributed by atoms with E-state index in [9.17, 15) is 18.0 Å². The van der Waals surface area contributed by atoms with Crippen LogP contribution >= 0.6 is 35.0 Å². The highest BCUT2D eigenvalue weighted by molar-refractivity contribution is 7.98. The van der Waals surface area contributed by atoms with Crippen LogP contribution in [0.4, 0.5) is 13.2 Å². The van der Waals surface area contributed by atoms with Crippen LogP contribution in [-0.4, -0.2) is 20.6 Å². The SMILES string of the molecule is Cc1cc(-n2c(C(C)(C)c3ccc(Cl)c(Cl)c3)cnc2SCc2c(F)cc(C(=O)O)cc2F)ccc1F. The summed E-state index contributed by atoms with van der Waals surface area (Å²) in [5.41, 5.74) is 1.21. The van der Waals surface area contributed by atoms with E-state index < -0.39 is 28.6 Å². The number of aryl methyl sites for hydroxylation is 1. The maximum absolute atomic E-state index is 14.6. The summed E-state index contributed by atoms with van der Waals surface area (Å²) in [6.07, 6.45) is 1.66. The second-order valence-corrected chi connectivity index (χ2v) is 10.7. The van der Waals surface area contributed by atoms with Crippen molar-refractivity contribution < 1.29 is 23.1 Å². The highest BCUT2D eigenvalue weighted by Crippen LogP contribution is 2.39. The van der Waals surface area contributed by atoms with E-state index in [1.54, 1.807) is 42.0 Å². The Balaban J connectivity index is 1.80. The molecule has 1 heterocycles. The lowest BCUT2D eigenvalue weighted by atomic mass is 9.81. The van der Waals surface area contributed by atoms with Gasteiger partial charge in [0.25, 0.3) is 0 Å². The minimum Gasteiger partial charge on any atom is -0.478 e. The van der Waals surface area contributed by atoms with Crippen molar-refractivity contribution in [1.82, 2.24) is 9.55 Å². The van der Waals surface area contributed by atoms with E-state index in [-0.39, 0.29) is 17.1 Å². The van der Waals surface area contributed by atoms with Crippen LogP contribution in [-0.2, 0) is 11.2 Å². The van der Waals surface area contributed by atoms with E-state index in [1.165, 1.54) is 6.07 Å². The number of carboxylic acids is 1. The zero-order valence-corrected chi connectivity index (χ0v) is 22.3. The molecule has 0 saturated carbocycles. The summed E-state index contributed by atoms with van der Waals surface area (Å²) < 4.78 is 45.0. The summed E-state index contributed by atoms with van der Waals surface area (Å²) in [5, 5.41) is 10.3. The van der Waals surface area contributed by atoms with Gasteiger partial charge in [0, 0.05) is 22.4 Å². The van der Waals surface area contributed by atoms with Crippen LogP contribution in [0.15, 0.2) is 59.9 Å². The van der Waals surface area contributed by atoms with Gasteiger partial charge in [0.1, 0.15) is 17.5 Å². The van der Waals surface area contributed by atoms with E-state index >= 15 is 0 Å². The summed E-state index contributed by atoms with van der Waals surface area (Å²) >= 11 is 13.5. The number of nitrogens with zero attached hydrogens (tertiary/aromatic N) is 2. The molecule has 0 spiro atoms. The number of hydrogen-bond acceptors (Lipinski definition) is 3. The van der Waals surface area contributed by atoms with Gasteiger partial charge in [0.05, 0.1) is 27.5 Å². The van der Waals surface area contributed by atoms with Crippen LogP contribution in [0.1, 0.15) is 46.6 Å². The Labute approximate surface area is 226 Å². The zero-order valence-electron chi connectivity index (χ0n) is 20.0. The van der Waals surface area contributed by atoms with Gasteiger partial charge in [-0.3, -0.25) is 4.57 Å². The van der Waals surface area contributed by atoms with Crippen LogP contribution in [0.2, 0.25) is 10.0 Å². The fourth-order valence-electron chi connectivity index (χ4n) is 3.93. The molecule has 0 aliphatic heterocycles. The summed E-state index contributed by atoms with van der Waals surface area (Å²) in [6, 6.07) is 11.5. The number of aromatic nitrogens is 2. The first-order valence-corrected chi connectivity index (χ1v) is 12.8. The van der Waals surface area contributed by atoms with Crippen LogP contribution in [0.25, 0.3) is 5.69 Å². The number of halogens is 5. The van der Waals surface area contributed by atoms with Gasteiger partial charge in [-0.2, -0.15) is 0 Å². The number of thioether (sulfide) groups is 1. The molecule has 0 bridgehead atoms. The first-order valence-electron chi connectivity index (χ1n) is 11.0. The van der Waals surface area contributed by atoms with Crippen molar-refractivity contribution >= 4 is 40.9 Å². The van der Waals surface area contributed by atoms with E-state index in [1.807, 2.05) is 19.9 Å². The number of aromatic carboxylic acids is 1. The maximum Gasteiger partial charge on any atom is 0.335 e. The van der Waals surface area contributed by atoms with Gasteiger partial charge in [0.15, 0.2) is 5.16 Å². The lowest BCUT2D eigenvalue weighted by Gasteiger charge is -2.28. The number of benzene rings is 3. The molecule has 10 heteroatoms. The fraction of sp³-hybridized carbons (Fsp3) is 0.185. The minimum atomic E-state index is -1.42. The maximum atomic E-state index is 14.6. The Kier molecular flexibility index (Phi) is 7.65. The van der Waals surface area contributed by atoms with Gasteiger partial charge in [-0.25, -0.2) is 22.9 Å². The second-order valence-electron chi connectivity index (χ2n) is 8.96. The molecule has 0 atom stereocenters. The summed E-state index contributed by atoms with van der Waals surface area (Å²) in [6.45, 7) is 5.57. The smallest absolute Gasteiger partial charge is 0.335 e. The Morgan fingerprint density at radius 3 is 2.27 bits per heavy atom. The van der Waals surface area contributed by atoms with Crippen molar-refractivity contribution in [3.8, 4) is 5.69 Å². The normalized spacial score (nSPS) is 11.7. The Hall–Kier alpha value is -2.94. The van der Waals surface area contributed by atoms with E-state index in [0.29, 0.717) is 26.5 Å². The molecule has 37 heavy (non-hydrogen) atoms. The number of rotatable bonds is 7. The van der Waals surface area contributed by atoms with Crippen LogP contribution in [0.3, 0.4) is 0 Å². The van der Waals surface area contributed by atoms with Crippen LogP contribution < -0.4 is 0 Å². The molecule has 0 amide bonds. The standard InChI is InChI=1S/C27H21Cl2F3N2O2S/c1-14-8-17(5-7-21(14)30)34-24(27(2,3)16-4-6-19(28)20(29)11-16)12-33-26(34)37-13-18-22(31)9-15(25(35)36)10-23(18)32/h4-12H,13H2,1-3H3,(H,35,36). The predicted octanol–water partition coefficient (Wildman–Crippen LogP) is 8.22. The number of carbonyl (C=O) groups is 1. The molecule has 0 fully saturated rings. The van der Waals surface area contributed by atoms with Gasteiger partial charge < -0.3 is 5.11 Å². The number of carboxylic acid groups (broad SMARTS) is 1. The fourth-order valence-corrected chi connectivity index (χ4v) is 5.24. The first kappa shape index (κ1) is 27.1. The highest BCUT2D eigenvalue weighted by atomic mass is 35.5. The minimum absolute atomic E-state index is 0.151. The molecule has 4 aromatic rings. The predicted molar refractivity (Wildman–Crippen MR) is 140 cm³/mol. The van der Waals surface area contributed by atoms with Crippen LogP contribution in [0, 0.1) is 24.4 Å². The number of imidazole rings is 1. The molecule has 0 aliphatic carbocycles. The topological polar surface area (TPSA) is 55.1 Å². The largest absolute Gasteiger partial charge is 0.478 e. The Morgan fingerprint density at radius 1 is 1.00 bits per heavy atom. The molecule has 3 aromatic carbocycles. The Bertz CT molecular complexity index is 1500. The molecule has 192 valence electrons. The molecular formula is C27H21Cl2F3N2O2S.